The first-order valence-corrected chi connectivity index (χ1v) is 9.94. The molecule has 0 aliphatic carbocycles. The van der Waals surface area contributed by atoms with Crippen LogP contribution in [0.1, 0.15) is 41.0 Å². The van der Waals surface area contributed by atoms with E-state index in [1.807, 2.05) is 17.0 Å². The maximum absolute atomic E-state index is 12.8. The number of likely N-dealkylation sites (tertiary alicyclic amines) is 1. The van der Waals surface area contributed by atoms with Gasteiger partial charge in [-0.1, -0.05) is 18.2 Å². The van der Waals surface area contributed by atoms with Crippen LogP contribution in [-0.2, 0) is 4.79 Å². The third kappa shape index (κ3) is 3.85. The number of anilines is 1. The highest BCUT2D eigenvalue weighted by Crippen LogP contribution is 2.34. The minimum atomic E-state index is -0.142. The molecule has 138 valence electrons. The van der Waals surface area contributed by atoms with Crippen molar-refractivity contribution in [2.75, 3.05) is 18.4 Å². The summed E-state index contributed by atoms with van der Waals surface area (Å²) in [5, 5.41) is 3.90. The second-order valence-corrected chi connectivity index (χ2v) is 7.91. The number of nitrogens with zero attached hydrogens (tertiary/aromatic N) is 2. The number of fused-ring (bicyclic) bond motifs is 1. The van der Waals surface area contributed by atoms with E-state index >= 15 is 0 Å². The zero-order valence-electron chi connectivity index (χ0n) is 15.1. The smallest absolute Gasteiger partial charge is 0.253 e. The Balaban J connectivity index is 1.42. The van der Waals surface area contributed by atoms with Gasteiger partial charge in [-0.3, -0.25) is 9.59 Å². The summed E-state index contributed by atoms with van der Waals surface area (Å²) < 4.78 is 1.22. The molecule has 2 aromatic carbocycles. The predicted molar refractivity (Wildman–Crippen MR) is 108 cm³/mol. The number of carbonyl (C=O) groups excluding carboxylic acids is 2. The zero-order chi connectivity index (χ0) is 18.8. The molecule has 0 unspecified atom stereocenters. The van der Waals surface area contributed by atoms with Crippen molar-refractivity contribution >= 4 is 39.1 Å². The largest absolute Gasteiger partial charge is 0.339 e. The normalized spacial score (nSPS) is 15.1. The molecule has 2 amide bonds. The molecule has 0 spiro atoms. The molecule has 0 saturated carbocycles. The fourth-order valence-electron chi connectivity index (χ4n) is 3.51. The molecule has 1 aliphatic heterocycles. The van der Waals surface area contributed by atoms with Gasteiger partial charge in [0.05, 0.1) is 15.2 Å². The van der Waals surface area contributed by atoms with Crippen molar-refractivity contribution in [2.45, 2.75) is 25.7 Å². The van der Waals surface area contributed by atoms with Gasteiger partial charge >= 0.3 is 0 Å². The molecular formula is C21H21N3O2S. The summed E-state index contributed by atoms with van der Waals surface area (Å²) in [4.78, 5) is 30.7. The number of carbonyl (C=O) groups is 2. The van der Waals surface area contributed by atoms with Gasteiger partial charge in [0.1, 0.15) is 0 Å². The van der Waals surface area contributed by atoms with Gasteiger partial charge in [-0.25, -0.2) is 4.98 Å². The van der Waals surface area contributed by atoms with Crippen molar-refractivity contribution < 1.29 is 9.59 Å². The number of amides is 2. The van der Waals surface area contributed by atoms with E-state index in [-0.39, 0.29) is 11.8 Å². The Labute approximate surface area is 162 Å². The van der Waals surface area contributed by atoms with E-state index in [9.17, 15) is 9.59 Å². The molecule has 1 saturated heterocycles. The van der Waals surface area contributed by atoms with Crippen LogP contribution in [0.15, 0.2) is 48.5 Å². The number of nitrogens with one attached hydrogen (secondary N) is 1. The van der Waals surface area contributed by atoms with Crippen LogP contribution in [0.2, 0.25) is 0 Å². The second kappa shape index (κ2) is 7.48. The molecule has 1 N–H and O–H groups in total. The highest BCUT2D eigenvalue weighted by atomic mass is 32.1. The summed E-state index contributed by atoms with van der Waals surface area (Å²) in [7, 11) is 0. The van der Waals surface area contributed by atoms with Gasteiger partial charge < -0.3 is 10.2 Å². The standard InChI is InChI=1S/C21H21N3O2S/c1-14(25)22-17-6-4-5-16(13-17)21(26)24-11-9-15(10-12-24)20-23-18-7-2-3-8-19(18)27-20/h2-8,13,15H,9-12H2,1H3,(H,22,25). The Morgan fingerprint density at radius 2 is 1.89 bits per heavy atom. The summed E-state index contributed by atoms with van der Waals surface area (Å²) in [6.07, 6.45) is 1.86. The van der Waals surface area contributed by atoms with Crippen LogP contribution in [0.25, 0.3) is 10.2 Å². The topological polar surface area (TPSA) is 62.3 Å². The highest BCUT2D eigenvalue weighted by Gasteiger charge is 2.26. The van der Waals surface area contributed by atoms with Crippen molar-refractivity contribution in [1.82, 2.24) is 9.88 Å². The molecule has 4 rings (SSSR count). The van der Waals surface area contributed by atoms with E-state index in [1.165, 1.54) is 16.6 Å². The summed E-state index contributed by atoms with van der Waals surface area (Å²) in [5.41, 5.74) is 2.32. The highest BCUT2D eigenvalue weighted by molar-refractivity contribution is 7.18. The Bertz CT molecular complexity index is 957. The number of hydrogen-bond donors (Lipinski definition) is 1. The van der Waals surface area contributed by atoms with Gasteiger partial charge in [-0.05, 0) is 43.2 Å². The van der Waals surface area contributed by atoms with Gasteiger partial charge in [-0.15, -0.1) is 11.3 Å². The molecule has 2 heterocycles. The first kappa shape index (κ1) is 17.7. The van der Waals surface area contributed by atoms with E-state index in [0.717, 1.165) is 31.4 Å². The predicted octanol–water partition coefficient (Wildman–Crippen LogP) is 4.27. The molecule has 3 aromatic rings. The Morgan fingerprint density at radius 1 is 1.11 bits per heavy atom. The molecule has 1 fully saturated rings. The minimum Gasteiger partial charge on any atom is -0.339 e. The van der Waals surface area contributed by atoms with E-state index < -0.39 is 0 Å². The van der Waals surface area contributed by atoms with E-state index in [4.69, 9.17) is 4.98 Å². The van der Waals surface area contributed by atoms with Crippen LogP contribution in [0.4, 0.5) is 5.69 Å². The van der Waals surface area contributed by atoms with Crippen LogP contribution < -0.4 is 5.32 Å². The van der Waals surface area contributed by atoms with E-state index in [0.29, 0.717) is 17.2 Å². The first-order valence-electron chi connectivity index (χ1n) is 9.12. The van der Waals surface area contributed by atoms with Crippen LogP contribution in [0.5, 0.6) is 0 Å². The average Bonchev–Trinajstić information content (AvgIpc) is 3.11. The molecule has 5 nitrogen and oxygen atoms in total. The molecular weight excluding hydrogens is 358 g/mol. The maximum Gasteiger partial charge on any atom is 0.253 e. The minimum absolute atomic E-state index is 0.0185. The monoisotopic (exact) mass is 379 g/mol. The number of aromatic nitrogens is 1. The fraction of sp³-hybridized carbons (Fsp3) is 0.286. The van der Waals surface area contributed by atoms with E-state index in [1.54, 1.807) is 35.6 Å². The third-order valence-corrected chi connectivity index (χ3v) is 6.07. The quantitative estimate of drug-likeness (QED) is 0.739. The third-order valence-electron chi connectivity index (χ3n) is 4.87. The molecule has 1 aliphatic rings. The molecule has 6 heteroatoms. The summed E-state index contributed by atoms with van der Waals surface area (Å²) in [6.45, 7) is 2.91. The van der Waals surface area contributed by atoms with Crippen molar-refractivity contribution in [2.24, 2.45) is 0 Å². The zero-order valence-corrected chi connectivity index (χ0v) is 16.0. The lowest BCUT2D eigenvalue weighted by Crippen LogP contribution is -2.37. The number of thiazole rings is 1. The number of benzene rings is 2. The lowest BCUT2D eigenvalue weighted by Gasteiger charge is -2.31. The van der Waals surface area contributed by atoms with Gasteiger partial charge in [0.25, 0.3) is 5.91 Å². The average molecular weight is 379 g/mol. The summed E-state index contributed by atoms with van der Waals surface area (Å²) >= 11 is 1.76. The van der Waals surface area contributed by atoms with E-state index in [2.05, 4.69) is 17.4 Å². The second-order valence-electron chi connectivity index (χ2n) is 6.85. The maximum atomic E-state index is 12.8. The van der Waals surface area contributed by atoms with Crippen LogP contribution >= 0.6 is 11.3 Å². The number of piperidine rings is 1. The Kier molecular flexibility index (Phi) is 4.90. The molecule has 0 radical (unpaired) electrons. The number of para-hydroxylation sites is 1. The Morgan fingerprint density at radius 3 is 2.63 bits per heavy atom. The van der Waals surface area contributed by atoms with Crippen LogP contribution in [-0.4, -0.2) is 34.8 Å². The molecule has 1 aromatic heterocycles. The molecule has 27 heavy (non-hydrogen) atoms. The van der Waals surface area contributed by atoms with Crippen molar-refractivity contribution in [3.8, 4) is 0 Å². The number of hydrogen-bond acceptors (Lipinski definition) is 4. The summed E-state index contributed by atoms with van der Waals surface area (Å²) in [5.74, 6) is 0.290. The number of rotatable bonds is 3. The molecule has 0 bridgehead atoms. The van der Waals surface area contributed by atoms with Crippen LogP contribution in [0.3, 0.4) is 0 Å². The van der Waals surface area contributed by atoms with Crippen LogP contribution in [0, 0.1) is 0 Å². The van der Waals surface area contributed by atoms with Gasteiger partial charge in [0.15, 0.2) is 0 Å². The van der Waals surface area contributed by atoms with Gasteiger partial charge in [0.2, 0.25) is 5.91 Å². The van der Waals surface area contributed by atoms with Gasteiger partial charge in [-0.2, -0.15) is 0 Å². The fourth-order valence-corrected chi connectivity index (χ4v) is 4.65. The summed E-state index contributed by atoms with van der Waals surface area (Å²) in [6, 6.07) is 15.3. The SMILES string of the molecule is CC(=O)Nc1cccc(C(=O)N2CCC(c3nc4ccccc4s3)CC2)c1. The Hall–Kier alpha value is -2.73. The lowest BCUT2D eigenvalue weighted by atomic mass is 9.97. The van der Waals surface area contributed by atoms with Crippen molar-refractivity contribution in [3.63, 3.8) is 0 Å². The molecule has 0 atom stereocenters. The van der Waals surface area contributed by atoms with Gasteiger partial charge in [0, 0.05) is 37.2 Å². The first-order chi connectivity index (χ1) is 13.1. The van der Waals surface area contributed by atoms with Crippen molar-refractivity contribution in [3.05, 3.63) is 59.1 Å². The van der Waals surface area contributed by atoms with Crippen molar-refractivity contribution in [1.29, 1.82) is 0 Å². The lowest BCUT2D eigenvalue weighted by molar-refractivity contribution is -0.114.